The van der Waals surface area contributed by atoms with Gasteiger partial charge in [-0.2, -0.15) is 4.98 Å². The maximum atomic E-state index is 13.1. The average molecular weight is 387 g/mol. The molecule has 1 aliphatic rings. The van der Waals surface area contributed by atoms with Crippen molar-refractivity contribution in [2.24, 2.45) is 0 Å². The van der Waals surface area contributed by atoms with E-state index in [9.17, 15) is 8.42 Å². The van der Waals surface area contributed by atoms with Crippen LogP contribution in [0, 0.1) is 0 Å². The summed E-state index contributed by atoms with van der Waals surface area (Å²) in [6.07, 6.45) is 0.679. The molecule has 0 saturated carbocycles. The van der Waals surface area contributed by atoms with Gasteiger partial charge in [-0.25, -0.2) is 8.42 Å². The molecule has 2 aromatic carbocycles. The zero-order chi connectivity index (χ0) is 18.1. The molecule has 0 unspecified atom stereocenters. The molecular formula is C18H17N3O3S2. The van der Waals surface area contributed by atoms with Crippen molar-refractivity contribution in [3.8, 4) is 11.5 Å². The van der Waals surface area contributed by atoms with Crippen LogP contribution in [0.25, 0.3) is 11.5 Å². The molecule has 0 atom stereocenters. The predicted molar refractivity (Wildman–Crippen MR) is 101 cm³/mol. The number of thioether (sulfide) groups is 1. The minimum absolute atomic E-state index is 0.286. The number of nitrogens with zero attached hydrogens (tertiary/aromatic N) is 3. The highest BCUT2D eigenvalue weighted by atomic mass is 32.2. The first-order valence-electron chi connectivity index (χ1n) is 8.27. The zero-order valence-electron chi connectivity index (χ0n) is 14.1. The van der Waals surface area contributed by atoms with Crippen molar-refractivity contribution in [3.63, 3.8) is 0 Å². The number of rotatable bonds is 4. The molecule has 0 N–H and O–H groups in total. The molecule has 4 rings (SSSR count). The summed E-state index contributed by atoms with van der Waals surface area (Å²) in [4.78, 5) is 5.55. The van der Waals surface area contributed by atoms with E-state index in [1.165, 1.54) is 4.31 Å². The third kappa shape index (κ3) is 2.99. The molecule has 2 heterocycles. The summed E-state index contributed by atoms with van der Waals surface area (Å²) in [5, 5.41) is 3.92. The van der Waals surface area contributed by atoms with E-state index < -0.39 is 10.0 Å². The van der Waals surface area contributed by atoms with Crippen LogP contribution in [0.4, 0.5) is 5.69 Å². The lowest BCUT2D eigenvalue weighted by Crippen LogP contribution is -2.35. The maximum absolute atomic E-state index is 13.1. The van der Waals surface area contributed by atoms with Crippen LogP contribution in [0.3, 0.4) is 0 Å². The molecule has 26 heavy (non-hydrogen) atoms. The van der Waals surface area contributed by atoms with Gasteiger partial charge in [0, 0.05) is 29.2 Å². The second kappa shape index (κ2) is 6.77. The molecule has 1 aliphatic heterocycles. The van der Waals surface area contributed by atoms with Crippen molar-refractivity contribution >= 4 is 27.5 Å². The summed E-state index contributed by atoms with van der Waals surface area (Å²) in [5.41, 5.74) is 1.37. The lowest BCUT2D eigenvalue weighted by molar-refractivity contribution is 0.423. The van der Waals surface area contributed by atoms with Gasteiger partial charge in [-0.1, -0.05) is 30.3 Å². The first-order valence-corrected chi connectivity index (χ1v) is 10.7. The summed E-state index contributed by atoms with van der Waals surface area (Å²) in [7, 11) is -3.62. The fourth-order valence-corrected chi connectivity index (χ4v) is 5.46. The maximum Gasteiger partial charge on any atom is 0.264 e. The van der Waals surface area contributed by atoms with Crippen LogP contribution in [0.15, 0.2) is 62.8 Å². The topological polar surface area (TPSA) is 76.3 Å². The van der Waals surface area contributed by atoms with Gasteiger partial charge in [0.2, 0.25) is 0 Å². The average Bonchev–Trinajstić information content (AvgIpc) is 3.17. The second-order valence-electron chi connectivity index (χ2n) is 5.79. The molecule has 0 amide bonds. The van der Waals surface area contributed by atoms with Crippen LogP contribution in [0.5, 0.6) is 0 Å². The van der Waals surface area contributed by atoms with E-state index in [4.69, 9.17) is 4.52 Å². The Morgan fingerprint density at radius 2 is 2.00 bits per heavy atom. The lowest BCUT2D eigenvalue weighted by Gasteiger charge is -2.30. The minimum atomic E-state index is -3.62. The Bertz CT molecular complexity index is 1030. The van der Waals surface area contributed by atoms with E-state index in [1.54, 1.807) is 42.1 Å². The molecule has 134 valence electrons. The quantitative estimate of drug-likeness (QED) is 0.681. The summed E-state index contributed by atoms with van der Waals surface area (Å²) in [6.45, 7) is 2.37. The van der Waals surface area contributed by atoms with Gasteiger partial charge in [0.1, 0.15) is 0 Å². The smallest absolute Gasteiger partial charge is 0.264 e. The van der Waals surface area contributed by atoms with Gasteiger partial charge in [-0.05, 0) is 30.3 Å². The largest absolute Gasteiger partial charge is 0.334 e. The lowest BCUT2D eigenvalue weighted by atomic mass is 10.2. The van der Waals surface area contributed by atoms with E-state index in [0.29, 0.717) is 41.7 Å². The molecule has 0 radical (unpaired) electrons. The van der Waals surface area contributed by atoms with Gasteiger partial charge in [-0.3, -0.25) is 4.31 Å². The minimum Gasteiger partial charge on any atom is -0.334 e. The van der Waals surface area contributed by atoms with Crippen LogP contribution >= 0.6 is 11.8 Å². The summed E-state index contributed by atoms with van der Waals surface area (Å²) >= 11 is 1.64. The predicted octanol–water partition coefficient (Wildman–Crippen LogP) is 3.60. The number of aryl methyl sites for hydroxylation is 1. The van der Waals surface area contributed by atoms with Crippen LogP contribution in [0.2, 0.25) is 0 Å². The van der Waals surface area contributed by atoms with Crippen molar-refractivity contribution in [2.45, 2.75) is 23.1 Å². The molecule has 1 aromatic heterocycles. The zero-order valence-corrected chi connectivity index (χ0v) is 15.8. The van der Waals surface area contributed by atoms with Gasteiger partial charge in [0.25, 0.3) is 15.9 Å². The number of aromatic nitrogens is 2. The fraction of sp³-hybridized carbons (Fsp3) is 0.222. The Morgan fingerprint density at radius 3 is 2.73 bits per heavy atom. The third-order valence-electron chi connectivity index (χ3n) is 4.14. The van der Waals surface area contributed by atoms with Crippen LogP contribution in [-0.2, 0) is 16.4 Å². The van der Waals surface area contributed by atoms with Crippen molar-refractivity contribution in [1.29, 1.82) is 0 Å². The molecule has 8 heteroatoms. The van der Waals surface area contributed by atoms with Crippen molar-refractivity contribution in [3.05, 3.63) is 54.4 Å². The van der Waals surface area contributed by atoms with Crippen molar-refractivity contribution in [2.75, 3.05) is 16.6 Å². The van der Waals surface area contributed by atoms with Crippen molar-refractivity contribution < 1.29 is 12.9 Å². The summed E-state index contributed by atoms with van der Waals surface area (Å²) in [6, 6.07) is 14.1. The molecular weight excluding hydrogens is 370 g/mol. The number of sulfonamides is 1. The van der Waals surface area contributed by atoms with E-state index in [1.807, 2.05) is 25.1 Å². The third-order valence-corrected chi connectivity index (χ3v) is 7.01. The highest BCUT2D eigenvalue weighted by molar-refractivity contribution is 8.00. The highest BCUT2D eigenvalue weighted by Gasteiger charge is 2.30. The van der Waals surface area contributed by atoms with Crippen molar-refractivity contribution in [1.82, 2.24) is 10.1 Å². The molecule has 6 nitrogen and oxygen atoms in total. The normalized spacial score (nSPS) is 14.3. The van der Waals surface area contributed by atoms with Gasteiger partial charge in [-0.15, -0.1) is 11.8 Å². The first kappa shape index (κ1) is 17.1. The van der Waals surface area contributed by atoms with Gasteiger partial charge in [0.05, 0.1) is 10.6 Å². The van der Waals surface area contributed by atoms with Crippen LogP contribution in [-0.4, -0.2) is 30.9 Å². The molecule has 0 bridgehead atoms. The number of hydrogen-bond donors (Lipinski definition) is 0. The van der Waals surface area contributed by atoms with Crippen LogP contribution < -0.4 is 4.31 Å². The Hall–Kier alpha value is -2.32. The van der Waals surface area contributed by atoms with E-state index >= 15 is 0 Å². The highest BCUT2D eigenvalue weighted by Crippen LogP contribution is 2.40. The van der Waals surface area contributed by atoms with E-state index in [2.05, 4.69) is 10.1 Å². The van der Waals surface area contributed by atoms with Gasteiger partial charge >= 0.3 is 0 Å². The summed E-state index contributed by atoms with van der Waals surface area (Å²) in [5.74, 6) is 1.73. The standard InChI is InChI=1S/C18H17N3O3S2/c1-2-17-19-18(24-20-17)13-8-9-16-15(12-13)21(10-11-25-16)26(22,23)14-6-4-3-5-7-14/h3-9,12H,2,10-11H2,1H3. The molecule has 0 saturated heterocycles. The number of hydrogen-bond acceptors (Lipinski definition) is 6. The van der Waals surface area contributed by atoms with E-state index in [-0.39, 0.29) is 4.90 Å². The number of anilines is 1. The van der Waals surface area contributed by atoms with Crippen LogP contribution in [0.1, 0.15) is 12.7 Å². The Labute approximate surface area is 156 Å². The number of benzene rings is 2. The van der Waals surface area contributed by atoms with Gasteiger partial charge in [0.15, 0.2) is 5.82 Å². The first-order chi connectivity index (χ1) is 12.6. The molecule has 0 spiro atoms. The monoisotopic (exact) mass is 387 g/mol. The molecule has 0 fully saturated rings. The Balaban J connectivity index is 1.79. The van der Waals surface area contributed by atoms with Gasteiger partial charge < -0.3 is 4.52 Å². The SMILES string of the molecule is CCc1noc(-c2ccc3c(c2)N(S(=O)(=O)c2ccccc2)CCS3)n1. The fourth-order valence-electron chi connectivity index (χ4n) is 2.81. The Morgan fingerprint density at radius 1 is 1.19 bits per heavy atom. The van der Waals surface area contributed by atoms with E-state index in [0.717, 1.165) is 4.90 Å². The molecule has 3 aromatic rings. The Kier molecular flexibility index (Phi) is 4.46. The molecule has 0 aliphatic carbocycles. The second-order valence-corrected chi connectivity index (χ2v) is 8.79. The number of fused-ring (bicyclic) bond motifs is 1. The summed E-state index contributed by atoms with van der Waals surface area (Å²) < 4.78 is 33.0.